The minimum absolute atomic E-state index is 0.299. The highest BCUT2D eigenvalue weighted by Gasteiger charge is 2.26. The van der Waals surface area contributed by atoms with Crippen molar-refractivity contribution in [1.82, 2.24) is 19.9 Å². The van der Waals surface area contributed by atoms with Crippen LogP contribution in [-0.2, 0) is 25.7 Å². The third-order valence-corrected chi connectivity index (χ3v) is 33.0. The standard InChI is InChI=1S/C112H154N4OS6/c1-11-19-27-35-39-41-45-53-57-84(55-51-43-37-29-21-13-3)107-98-71-67-94(113-98)92(65-63-90-80-87(60-48-32-24-16-6)110(119-90)103-76-75-102(121-103)109-86(79-83(9)118-109)59-47-31-23-15-5)95-68-72-99(114-95)108(85(56-52-44-38-30-22-14-4)58-54-46-42-40-36-28-20-12-2)101-74-70-97(116-101)93(96-69-73-100(107)115-96)66-64-91-81-88(61-49-33-25-17-7)111(120-91)104-77-78-105(122-104)112-89(62-50-34-26-18-8)82-106(117-10)123-112/h67-82,84-85,113-114H,11-62H2,1-10H3. The van der Waals surface area contributed by atoms with Gasteiger partial charge in [0.2, 0.25) is 0 Å². The van der Waals surface area contributed by atoms with E-state index >= 15 is 0 Å². The van der Waals surface area contributed by atoms with Gasteiger partial charge in [-0.1, -0.05) is 347 Å². The van der Waals surface area contributed by atoms with E-state index < -0.39 is 0 Å². The Hall–Kier alpha value is -6.28. The van der Waals surface area contributed by atoms with Crippen molar-refractivity contribution in [2.24, 2.45) is 0 Å². The molecule has 11 heterocycles. The lowest BCUT2D eigenvalue weighted by atomic mass is 9.87. The number of unbranched alkanes of at least 4 members (excludes halogenated alkanes) is 36. The summed E-state index contributed by atoms with van der Waals surface area (Å²) in [5.41, 5.74) is 18.7. The van der Waals surface area contributed by atoms with Crippen LogP contribution in [0.5, 0.6) is 5.06 Å². The second-order valence-electron chi connectivity index (χ2n) is 35.9. The molecule has 5 nitrogen and oxygen atoms in total. The minimum atomic E-state index is 0.299. The van der Waals surface area contributed by atoms with Crippen molar-refractivity contribution in [3.63, 3.8) is 0 Å². The Bertz CT molecular complexity index is 4840. The molecule has 2 unspecified atom stereocenters. The van der Waals surface area contributed by atoms with Crippen molar-refractivity contribution < 1.29 is 4.74 Å². The number of rotatable bonds is 59. The van der Waals surface area contributed by atoms with E-state index in [9.17, 15) is 0 Å². The Morgan fingerprint density at radius 3 is 0.943 bits per heavy atom. The summed E-state index contributed by atoms with van der Waals surface area (Å²) in [6, 6.07) is 28.9. The van der Waals surface area contributed by atoms with Crippen molar-refractivity contribution in [2.45, 2.75) is 408 Å². The number of hydrogen-bond acceptors (Lipinski definition) is 9. The van der Waals surface area contributed by atoms with Gasteiger partial charge >= 0.3 is 0 Å². The smallest absolute Gasteiger partial charge is 0.174 e. The molecule has 0 saturated heterocycles. The van der Waals surface area contributed by atoms with Crippen LogP contribution < -0.4 is 4.74 Å². The zero-order valence-electron chi connectivity index (χ0n) is 77.9. The first-order chi connectivity index (χ1) is 60.6. The zero-order chi connectivity index (χ0) is 86.0. The van der Waals surface area contributed by atoms with E-state index in [1.807, 2.05) is 75.1 Å². The maximum atomic E-state index is 6.00. The molecule has 664 valence electrons. The molecule has 2 atom stereocenters. The quantitative estimate of drug-likeness (QED) is 0.0295. The Balaban J connectivity index is 1.12. The molecule has 8 bridgehead atoms. The number of ether oxygens (including phenoxy) is 1. The van der Waals surface area contributed by atoms with E-state index in [0.717, 1.165) is 122 Å². The normalized spacial score (nSPS) is 12.4. The van der Waals surface area contributed by atoms with E-state index in [2.05, 4.69) is 193 Å². The van der Waals surface area contributed by atoms with Gasteiger partial charge in [-0.05, 0) is 215 Å². The van der Waals surface area contributed by atoms with Crippen molar-refractivity contribution in [3.05, 3.63) is 155 Å². The lowest BCUT2D eigenvalue weighted by Crippen LogP contribution is -2.04. The number of fused-ring (bicyclic) bond motifs is 8. The molecule has 0 spiro atoms. The average Bonchev–Trinajstić information content (AvgIpc) is 1.70. The number of H-pyrrole nitrogens is 2. The fourth-order valence-corrected chi connectivity index (χ4v) is 25.5. The molecule has 11 rings (SSSR count). The van der Waals surface area contributed by atoms with E-state index in [0.29, 0.717) is 11.8 Å². The van der Waals surface area contributed by atoms with E-state index in [-0.39, 0.29) is 0 Å². The maximum absolute atomic E-state index is 6.00. The predicted octanol–water partition coefficient (Wildman–Crippen LogP) is 38.0. The largest absolute Gasteiger partial charge is 0.487 e. The molecule has 2 N–H and O–H groups in total. The van der Waals surface area contributed by atoms with E-state index in [1.165, 1.54) is 360 Å². The predicted molar refractivity (Wildman–Crippen MR) is 551 cm³/mol. The number of hydrogen-bond donors (Lipinski definition) is 2. The van der Waals surface area contributed by atoms with Crippen LogP contribution in [0.2, 0.25) is 0 Å². The van der Waals surface area contributed by atoms with Crippen LogP contribution in [0.1, 0.15) is 457 Å². The summed E-state index contributed by atoms with van der Waals surface area (Å²) in [6.45, 7) is 20.9. The van der Waals surface area contributed by atoms with Crippen LogP contribution >= 0.6 is 68.0 Å². The highest BCUT2D eigenvalue weighted by atomic mass is 32.1. The molecule has 9 aromatic heterocycles. The summed E-state index contributed by atoms with van der Waals surface area (Å²) >= 11 is 11.5. The molecule has 2 aliphatic heterocycles. The molecular formula is C112H154N4OS6. The molecule has 0 radical (unpaired) electrons. The Morgan fingerprint density at radius 1 is 0.293 bits per heavy atom. The topological polar surface area (TPSA) is 66.6 Å². The summed E-state index contributed by atoms with van der Waals surface area (Å²) < 4.78 is 5.94. The molecular weight excluding hydrogens is 1610 g/mol. The summed E-state index contributed by atoms with van der Waals surface area (Å²) in [5.74, 6) is 16.5. The molecule has 123 heavy (non-hydrogen) atoms. The van der Waals surface area contributed by atoms with Crippen molar-refractivity contribution >= 4 is 114 Å². The van der Waals surface area contributed by atoms with Gasteiger partial charge in [-0.2, -0.15) is 0 Å². The van der Waals surface area contributed by atoms with Gasteiger partial charge in [-0.25, -0.2) is 9.97 Å². The van der Waals surface area contributed by atoms with Gasteiger partial charge in [0, 0.05) is 61.2 Å². The molecule has 0 amide bonds. The molecule has 2 aliphatic rings. The van der Waals surface area contributed by atoms with Gasteiger partial charge in [0.25, 0.3) is 0 Å². The Labute approximate surface area is 770 Å². The van der Waals surface area contributed by atoms with Crippen LogP contribution in [0.15, 0.2) is 72.8 Å². The van der Waals surface area contributed by atoms with Gasteiger partial charge in [-0.15, -0.1) is 56.7 Å². The van der Waals surface area contributed by atoms with Crippen LogP contribution in [0.25, 0.3) is 85.4 Å². The van der Waals surface area contributed by atoms with Crippen molar-refractivity contribution in [1.29, 1.82) is 0 Å². The minimum Gasteiger partial charge on any atom is -0.487 e. The molecule has 11 heteroatoms. The zero-order valence-corrected chi connectivity index (χ0v) is 82.8. The van der Waals surface area contributed by atoms with Crippen LogP contribution in [0.4, 0.5) is 0 Å². The summed E-state index contributed by atoms with van der Waals surface area (Å²) in [6.07, 6.45) is 74.2. The number of nitrogens with zero attached hydrogens (tertiary/aromatic N) is 2. The molecule has 9 aromatic rings. The highest BCUT2D eigenvalue weighted by molar-refractivity contribution is 7.27. The van der Waals surface area contributed by atoms with Gasteiger partial charge in [0.05, 0.1) is 66.7 Å². The van der Waals surface area contributed by atoms with Crippen molar-refractivity contribution in [3.8, 4) is 67.8 Å². The molecule has 0 aromatic carbocycles. The van der Waals surface area contributed by atoms with Crippen LogP contribution in [-0.4, -0.2) is 27.0 Å². The summed E-state index contributed by atoms with van der Waals surface area (Å²) in [4.78, 5) is 35.2. The number of nitrogens with one attached hydrogen (secondary N) is 2. The third kappa shape index (κ3) is 29.9. The van der Waals surface area contributed by atoms with Gasteiger partial charge < -0.3 is 14.7 Å². The second kappa shape index (κ2) is 54.8. The fraction of sp³-hybridized carbons (Fsp3) is 0.571. The number of thiophene rings is 6. The van der Waals surface area contributed by atoms with E-state index in [4.69, 9.17) is 14.7 Å². The van der Waals surface area contributed by atoms with Crippen LogP contribution in [0, 0.1) is 30.6 Å². The first-order valence-electron chi connectivity index (χ1n) is 50.0. The van der Waals surface area contributed by atoms with Crippen molar-refractivity contribution in [2.75, 3.05) is 7.11 Å². The number of aromatic nitrogens is 4. The van der Waals surface area contributed by atoms with Gasteiger partial charge in [0.1, 0.15) is 0 Å². The van der Waals surface area contributed by atoms with Crippen LogP contribution in [0.3, 0.4) is 0 Å². The molecule has 0 saturated carbocycles. The Morgan fingerprint density at radius 2 is 0.585 bits per heavy atom. The lowest BCUT2D eigenvalue weighted by molar-refractivity contribution is 0.427. The Kier molecular flexibility index (Phi) is 43.4. The molecule has 0 aliphatic carbocycles. The highest BCUT2D eigenvalue weighted by Crippen LogP contribution is 2.48. The number of methoxy groups -OCH3 is 1. The summed E-state index contributed by atoms with van der Waals surface area (Å²) in [7, 11) is 1.82. The average molecular weight is 1760 g/mol. The number of aromatic amines is 2. The van der Waals surface area contributed by atoms with E-state index in [1.54, 1.807) is 0 Å². The van der Waals surface area contributed by atoms with Gasteiger partial charge in [0.15, 0.2) is 5.06 Å². The second-order valence-corrected chi connectivity index (χ2v) is 42.5. The summed E-state index contributed by atoms with van der Waals surface area (Å²) in [5, 5.41) is 1.00. The molecule has 0 fully saturated rings. The third-order valence-electron chi connectivity index (χ3n) is 25.7. The maximum Gasteiger partial charge on any atom is 0.174 e. The number of aryl methyl sites for hydroxylation is 5. The lowest BCUT2D eigenvalue weighted by Gasteiger charge is -2.19. The first kappa shape index (κ1) is 97.3. The monoisotopic (exact) mass is 1760 g/mol. The fourth-order valence-electron chi connectivity index (χ4n) is 18.6. The first-order valence-corrected chi connectivity index (χ1v) is 54.9. The van der Waals surface area contributed by atoms with Gasteiger partial charge in [-0.3, -0.25) is 0 Å². The SMILES string of the molecule is CCCCCCCCCCC(CCCCCCCC)c1c2nc(c(C#Cc3cc(CCCCCC)c(-c4ccc(-c5sc(OC)cc5CCCCCC)s4)s3)c3nc(c(C(CCCCCCCC)CCCCCCCCCC)c4ccc([nH]4)c(C#Cc4cc(CCCCCC)c(-c5ccc(-c6sc(C)cc6CCCCCC)s5)s4)c4ccc1[nH]4)C=C3)C=C2.